The Morgan fingerprint density at radius 3 is 2.26 bits per heavy atom. The highest BCUT2D eigenvalue weighted by Crippen LogP contribution is 2.23. The van der Waals surface area contributed by atoms with Gasteiger partial charge in [0.2, 0.25) is 15.9 Å². The fourth-order valence-electron chi connectivity index (χ4n) is 4.69. The number of carbonyl (C=O) groups excluding carboxylic acids is 1. The number of piperazine rings is 1. The average molecular weight is 485 g/mol. The van der Waals surface area contributed by atoms with Crippen molar-refractivity contribution in [2.24, 2.45) is 5.92 Å². The van der Waals surface area contributed by atoms with E-state index in [9.17, 15) is 22.9 Å². The van der Waals surface area contributed by atoms with Crippen LogP contribution in [0.5, 0.6) is 0 Å². The Balaban J connectivity index is 1.24. The molecule has 2 fully saturated rings. The zero-order valence-electron chi connectivity index (χ0n) is 19.1. The molecule has 1 amide bonds. The molecular weight excluding hydrogens is 455 g/mol. The van der Waals surface area contributed by atoms with E-state index in [4.69, 9.17) is 0 Å². The highest BCUT2D eigenvalue weighted by molar-refractivity contribution is 7.89. The van der Waals surface area contributed by atoms with Gasteiger partial charge in [0, 0.05) is 26.2 Å². The van der Waals surface area contributed by atoms with Gasteiger partial charge in [0.1, 0.15) is 11.9 Å². The fourth-order valence-corrected chi connectivity index (χ4v) is 6.26. The summed E-state index contributed by atoms with van der Waals surface area (Å²) in [5.74, 6) is 0.329. The van der Waals surface area contributed by atoms with E-state index in [0.717, 1.165) is 37.9 Å². The molecule has 2 aromatic rings. The van der Waals surface area contributed by atoms with Crippen LogP contribution in [-0.2, 0) is 21.2 Å². The predicted octanol–water partition coefficient (Wildman–Crippen LogP) is 2.48. The summed E-state index contributed by atoms with van der Waals surface area (Å²) >= 11 is 0. The van der Waals surface area contributed by atoms with Crippen molar-refractivity contribution in [3.8, 4) is 6.07 Å². The Morgan fingerprint density at radius 1 is 0.971 bits per heavy atom. The summed E-state index contributed by atoms with van der Waals surface area (Å²) in [4.78, 5) is 16.7. The topological polar surface area (TPSA) is 84.7 Å². The molecular formula is C25H29FN4O3S. The number of hydrogen-bond acceptors (Lipinski definition) is 5. The standard InChI is InChI=1S/C25H29FN4O3S/c26-23-7-5-20(6-8-23)17-21-9-11-28(12-10-21)19-25(31)29-13-15-30(16-14-29)34(32,33)24-4-2-1-3-22(24)18-27/h1-8,21H,9-17,19H2. The third-order valence-electron chi connectivity index (χ3n) is 6.72. The molecule has 0 N–H and O–H groups in total. The predicted molar refractivity (Wildman–Crippen MR) is 126 cm³/mol. The van der Waals surface area contributed by atoms with Crippen molar-refractivity contribution in [1.29, 1.82) is 5.26 Å². The minimum absolute atomic E-state index is 0.0146. The highest BCUT2D eigenvalue weighted by atomic mass is 32.2. The molecule has 34 heavy (non-hydrogen) atoms. The van der Waals surface area contributed by atoms with E-state index in [1.54, 1.807) is 17.0 Å². The van der Waals surface area contributed by atoms with Gasteiger partial charge in [-0.15, -0.1) is 0 Å². The van der Waals surface area contributed by atoms with E-state index in [0.29, 0.717) is 25.6 Å². The first-order valence-corrected chi connectivity index (χ1v) is 13.0. The van der Waals surface area contributed by atoms with Crippen molar-refractivity contribution in [2.75, 3.05) is 45.8 Å². The molecule has 2 aromatic carbocycles. The van der Waals surface area contributed by atoms with Gasteiger partial charge in [0.05, 0.1) is 17.0 Å². The molecule has 0 bridgehead atoms. The molecule has 0 radical (unpaired) electrons. The van der Waals surface area contributed by atoms with E-state index in [1.807, 2.05) is 18.2 Å². The highest BCUT2D eigenvalue weighted by Gasteiger charge is 2.32. The van der Waals surface area contributed by atoms with Crippen molar-refractivity contribution in [3.63, 3.8) is 0 Å². The van der Waals surface area contributed by atoms with Gasteiger partial charge in [-0.05, 0) is 68.1 Å². The van der Waals surface area contributed by atoms with Crippen LogP contribution in [0.1, 0.15) is 24.0 Å². The van der Waals surface area contributed by atoms with Crippen LogP contribution in [0.4, 0.5) is 4.39 Å². The summed E-state index contributed by atoms with van der Waals surface area (Å²) in [6.07, 6.45) is 2.91. The Hall–Kier alpha value is -2.80. The van der Waals surface area contributed by atoms with Crippen molar-refractivity contribution in [1.82, 2.24) is 14.1 Å². The lowest BCUT2D eigenvalue weighted by Crippen LogP contribution is -2.53. The minimum Gasteiger partial charge on any atom is -0.339 e. The van der Waals surface area contributed by atoms with Crippen LogP contribution in [-0.4, -0.2) is 74.2 Å². The van der Waals surface area contributed by atoms with Crippen LogP contribution >= 0.6 is 0 Å². The van der Waals surface area contributed by atoms with Gasteiger partial charge in [-0.1, -0.05) is 24.3 Å². The lowest BCUT2D eigenvalue weighted by Gasteiger charge is -2.36. The summed E-state index contributed by atoms with van der Waals surface area (Å²) < 4.78 is 40.4. The number of piperidine rings is 1. The van der Waals surface area contributed by atoms with Crippen LogP contribution in [0, 0.1) is 23.1 Å². The molecule has 2 aliphatic heterocycles. The summed E-state index contributed by atoms with van der Waals surface area (Å²) in [6, 6.07) is 14.8. The number of nitrogens with zero attached hydrogens (tertiary/aromatic N) is 4. The van der Waals surface area contributed by atoms with Gasteiger partial charge in [0.15, 0.2) is 0 Å². The third-order valence-corrected chi connectivity index (χ3v) is 8.68. The lowest BCUT2D eigenvalue weighted by molar-refractivity contribution is -0.134. The number of amides is 1. The number of sulfonamides is 1. The average Bonchev–Trinajstić information content (AvgIpc) is 2.86. The Labute approximate surface area is 200 Å². The van der Waals surface area contributed by atoms with E-state index < -0.39 is 10.0 Å². The van der Waals surface area contributed by atoms with Gasteiger partial charge >= 0.3 is 0 Å². The number of carbonyl (C=O) groups is 1. The van der Waals surface area contributed by atoms with Gasteiger partial charge in [-0.2, -0.15) is 9.57 Å². The molecule has 0 aliphatic carbocycles. The molecule has 4 rings (SSSR count). The molecule has 0 aromatic heterocycles. The molecule has 0 atom stereocenters. The maximum atomic E-state index is 13.1. The van der Waals surface area contributed by atoms with E-state index in [-0.39, 0.29) is 35.3 Å². The van der Waals surface area contributed by atoms with Gasteiger partial charge in [0.25, 0.3) is 0 Å². The molecule has 180 valence electrons. The van der Waals surface area contributed by atoms with E-state index in [1.165, 1.54) is 28.6 Å². The molecule has 2 heterocycles. The normalized spacial score (nSPS) is 18.5. The van der Waals surface area contributed by atoms with Crippen LogP contribution in [0.2, 0.25) is 0 Å². The number of nitriles is 1. The van der Waals surface area contributed by atoms with E-state index >= 15 is 0 Å². The number of likely N-dealkylation sites (tertiary alicyclic amines) is 1. The van der Waals surface area contributed by atoms with Gasteiger partial charge in [-0.3, -0.25) is 9.69 Å². The molecule has 0 saturated carbocycles. The molecule has 7 nitrogen and oxygen atoms in total. The van der Waals surface area contributed by atoms with Crippen molar-refractivity contribution < 1.29 is 17.6 Å². The minimum atomic E-state index is -3.77. The first kappa shape index (κ1) is 24.3. The second kappa shape index (κ2) is 10.6. The Morgan fingerprint density at radius 2 is 1.62 bits per heavy atom. The molecule has 0 unspecified atom stereocenters. The number of halogens is 1. The van der Waals surface area contributed by atoms with Crippen LogP contribution in [0.3, 0.4) is 0 Å². The fraction of sp³-hybridized carbons (Fsp3) is 0.440. The maximum absolute atomic E-state index is 13.1. The molecule has 2 saturated heterocycles. The van der Waals surface area contributed by atoms with Crippen LogP contribution < -0.4 is 0 Å². The number of rotatable bonds is 6. The number of benzene rings is 2. The molecule has 2 aliphatic rings. The first-order valence-electron chi connectivity index (χ1n) is 11.6. The Kier molecular flexibility index (Phi) is 7.61. The molecule has 0 spiro atoms. The van der Waals surface area contributed by atoms with Crippen molar-refractivity contribution in [2.45, 2.75) is 24.2 Å². The van der Waals surface area contributed by atoms with Crippen LogP contribution in [0.15, 0.2) is 53.4 Å². The smallest absolute Gasteiger partial charge is 0.244 e. The second-order valence-corrected chi connectivity index (χ2v) is 10.8. The van der Waals surface area contributed by atoms with Crippen molar-refractivity contribution in [3.05, 3.63) is 65.5 Å². The van der Waals surface area contributed by atoms with Gasteiger partial charge < -0.3 is 4.90 Å². The summed E-state index contributed by atoms with van der Waals surface area (Å²) in [6.45, 7) is 3.14. The summed E-state index contributed by atoms with van der Waals surface area (Å²) in [5, 5.41) is 9.25. The summed E-state index contributed by atoms with van der Waals surface area (Å²) in [5.41, 5.74) is 1.27. The second-order valence-electron chi connectivity index (χ2n) is 8.94. The lowest BCUT2D eigenvalue weighted by atomic mass is 9.90. The largest absolute Gasteiger partial charge is 0.339 e. The zero-order valence-corrected chi connectivity index (χ0v) is 19.9. The van der Waals surface area contributed by atoms with Gasteiger partial charge in [-0.25, -0.2) is 12.8 Å². The van der Waals surface area contributed by atoms with E-state index in [2.05, 4.69) is 4.90 Å². The molecule has 9 heteroatoms. The Bertz CT molecular complexity index is 1150. The maximum Gasteiger partial charge on any atom is 0.244 e. The summed E-state index contributed by atoms with van der Waals surface area (Å²) in [7, 11) is -3.77. The van der Waals surface area contributed by atoms with Crippen LogP contribution in [0.25, 0.3) is 0 Å². The monoisotopic (exact) mass is 484 g/mol. The SMILES string of the molecule is N#Cc1ccccc1S(=O)(=O)N1CCN(C(=O)CN2CCC(Cc3ccc(F)cc3)CC2)CC1. The first-order chi connectivity index (χ1) is 16.4. The zero-order chi connectivity index (χ0) is 24.1. The van der Waals surface area contributed by atoms with Crippen molar-refractivity contribution >= 4 is 15.9 Å². The quantitative estimate of drug-likeness (QED) is 0.629. The third kappa shape index (κ3) is 5.63. The number of hydrogen-bond donors (Lipinski definition) is 0.